The van der Waals surface area contributed by atoms with Crippen LogP contribution in [0.25, 0.3) is 0 Å². The molecular formula is C21H37NO5. The summed E-state index contributed by atoms with van der Waals surface area (Å²) in [5.41, 5.74) is -0.547. The molecule has 1 N–H and O–H groups in total. The Morgan fingerprint density at radius 3 is 2.41 bits per heavy atom. The second-order valence-electron chi connectivity index (χ2n) is 9.10. The van der Waals surface area contributed by atoms with Crippen molar-refractivity contribution >= 4 is 17.8 Å². The zero-order chi connectivity index (χ0) is 20.6. The van der Waals surface area contributed by atoms with Crippen molar-refractivity contribution in [3.8, 4) is 0 Å². The Morgan fingerprint density at radius 2 is 1.81 bits per heavy atom. The predicted molar refractivity (Wildman–Crippen MR) is 104 cm³/mol. The van der Waals surface area contributed by atoms with Gasteiger partial charge in [0.2, 0.25) is 0 Å². The molecule has 0 radical (unpaired) electrons. The average Bonchev–Trinajstić information content (AvgIpc) is 2.49. The molecule has 0 saturated heterocycles. The van der Waals surface area contributed by atoms with Gasteiger partial charge in [-0.15, -0.1) is 0 Å². The van der Waals surface area contributed by atoms with Gasteiger partial charge in [0.25, 0.3) is 0 Å². The van der Waals surface area contributed by atoms with Crippen LogP contribution in [0.5, 0.6) is 0 Å². The summed E-state index contributed by atoms with van der Waals surface area (Å²) < 4.78 is 10.8. The average molecular weight is 384 g/mol. The molecule has 1 saturated carbocycles. The van der Waals surface area contributed by atoms with E-state index in [2.05, 4.69) is 26.1 Å². The lowest BCUT2D eigenvalue weighted by Crippen LogP contribution is -2.36. The molecule has 0 heterocycles. The third kappa shape index (κ3) is 9.78. The summed E-state index contributed by atoms with van der Waals surface area (Å²) in [7, 11) is 0. The van der Waals surface area contributed by atoms with Gasteiger partial charge in [0.1, 0.15) is 23.9 Å². The van der Waals surface area contributed by atoms with Crippen LogP contribution in [0.1, 0.15) is 80.1 Å². The number of hydrogen-bond donors (Lipinski definition) is 1. The zero-order valence-electron chi connectivity index (χ0n) is 17.8. The number of alkyl carbamates (subject to hydrolysis) is 1. The van der Waals surface area contributed by atoms with Crippen molar-refractivity contribution in [1.82, 2.24) is 5.32 Å². The Bertz CT molecular complexity index is 509. The standard InChI is InChI=1S/C21H37NO5/c1-14(2)17-10-9-15(3)12-18(17)26-19(24)13-16(23)8-7-11-22-20(25)27-21(4,5)6/h14-15,17-18H,7-13H2,1-6H3,(H,22,25)/t15-,17+,18-/m1/s1. The van der Waals surface area contributed by atoms with E-state index in [4.69, 9.17) is 9.47 Å². The first-order valence-corrected chi connectivity index (χ1v) is 10.2. The van der Waals surface area contributed by atoms with E-state index in [-0.39, 0.29) is 24.7 Å². The fraction of sp³-hybridized carbons (Fsp3) is 0.857. The topological polar surface area (TPSA) is 81.7 Å². The van der Waals surface area contributed by atoms with Crippen LogP contribution in [0.15, 0.2) is 0 Å². The van der Waals surface area contributed by atoms with Gasteiger partial charge in [0, 0.05) is 13.0 Å². The summed E-state index contributed by atoms with van der Waals surface area (Å²) in [6.07, 6.45) is 3.05. The highest BCUT2D eigenvalue weighted by Crippen LogP contribution is 2.35. The number of carbonyl (C=O) groups is 3. The summed E-state index contributed by atoms with van der Waals surface area (Å²) in [6, 6.07) is 0. The van der Waals surface area contributed by atoms with Gasteiger partial charge in [0.15, 0.2) is 0 Å². The first kappa shape index (κ1) is 23.4. The van der Waals surface area contributed by atoms with E-state index >= 15 is 0 Å². The van der Waals surface area contributed by atoms with Crippen LogP contribution < -0.4 is 5.32 Å². The monoisotopic (exact) mass is 383 g/mol. The predicted octanol–water partition coefficient (Wildman–Crippen LogP) is 4.25. The third-order valence-electron chi connectivity index (χ3n) is 4.89. The van der Waals surface area contributed by atoms with Gasteiger partial charge in [-0.25, -0.2) is 4.79 Å². The fourth-order valence-electron chi connectivity index (χ4n) is 3.50. The van der Waals surface area contributed by atoms with Gasteiger partial charge >= 0.3 is 12.1 Å². The molecule has 27 heavy (non-hydrogen) atoms. The van der Waals surface area contributed by atoms with Crippen molar-refractivity contribution in [3.63, 3.8) is 0 Å². The van der Waals surface area contributed by atoms with Crippen LogP contribution in [0.4, 0.5) is 4.79 Å². The van der Waals surface area contributed by atoms with E-state index in [1.54, 1.807) is 20.8 Å². The third-order valence-corrected chi connectivity index (χ3v) is 4.89. The molecule has 0 aromatic rings. The number of carbonyl (C=O) groups excluding carboxylic acids is 3. The van der Waals surface area contributed by atoms with E-state index in [0.717, 1.165) is 12.8 Å². The van der Waals surface area contributed by atoms with Crippen LogP contribution in [-0.4, -0.2) is 36.1 Å². The first-order valence-electron chi connectivity index (χ1n) is 10.2. The molecule has 1 aliphatic carbocycles. The van der Waals surface area contributed by atoms with Crippen LogP contribution >= 0.6 is 0 Å². The Hall–Kier alpha value is -1.59. The number of amides is 1. The maximum absolute atomic E-state index is 12.2. The van der Waals surface area contributed by atoms with Crippen LogP contribution in [0.3, 0.4) is 0 Å². The highest BCUT2D eigenvalue weighted by molar-refractivity contribution is 5.95. The van der Waals surface area contributed by atoms with E-state index in [9.17, 15) is 14.4 Å². The molecule has 1 aliphatic rings. The van der Waals surface area contributed by atoms with Gasteiger partial charge in [-0.05, 0) is 57.8 Å². The Balaban J connectivity index is 2.29. The number of ketones is 1. The highest BCUT2D eigenvalue weighted by Gasteiger charge is 2.33. The Labute approximate surface area is 163 Å². The summed E-state index contributed by atoms with van der Waals surface area (Å²) in [4.78, 5) is 35.7. The molecule has 3 atom stereocenters. The molecule has 156 valence electrons. The summed E-state index contributed by atoms with van der Waals surface area (Å²) in [5, 5.41) is 2.61. The molecular weight excluding hydrogens is 346 g/mol. The number of ether oxygens (including phenoxy) is 2. The number of hydrogen-bond acceptors (Lipinski definition) is 5. The molecule has 6 nitrogen and oxygen atoms in total. The van der Waals surface area contributed by atoms with E-state index in [0.29, 0.717) is 30.7 Å². The summed E-state index contributed by atoms with van der Waals surface area (Å²) >= 11 is 0. The maximum atomic E-state index is 12.2. The highest BCUT2D eigenvalue weighted by atomic mass is 16.6. The molecule has 6 heteroatoms. The molecule has 1 fully saturated rings. The van der Waals surface area contributed by atoms with Gasteiger partial charge in [-0.3, -0.25) is 9.59 Å². The normalized spacial score (nSPS) is 23.0. The zero-order valence-corrected chi connectivity index (χ0v) is 17.8. The number of rotatable bonds is 8. The van der Waals surface area contributed by atoms with Crippen molar-refractivity contribution in [2.45, 2.75) is 91.8 Å². The Kier molecular flexibility index (Phi) is 9.27. The lowest BCUT2D eigenvalue weighted by Gasteiger charge is -2.36. The lowest BCUT2D eigenvalue weighted by atomic mass is 9.75. The molecule has 0 unspecified atom stereocenters. The second-order valence-corrected chi connectivity index (χ2v) is 9.10. The summed E-state index contributed by atoms with van der Waals surface area (Å²) in [5.74, 6) is 0.802. The lowest BCUT2D eigenvalue weighted by molar-refractivity contribution is -0.157. The van der Waals surface area contributed by atoms with Gasteiger partial charge in [-0.1, -0.05) is 27.2 Å². The first-order chi connectivity index (χ1) is 12.5. The van der Waals surface area contributed by atoms with Crippen LogP contribution in [0, 0.1) is 17.8 Å². The summed E-state index contributed by atoms with van der Waals surface area (Å²) in [6.45, 7) is 12.2. The molecule has 0 spiro atoms. The number of Topliss-reactive ketones (excluding diaryl/α,β-unsaturated/α-hetero) is 1. The van der Waals surface area contributed by atoms with Gasteiger partial charge in [-0.2, -0.15) is 0 Å². The van der Waals surface area contributed by atoms with Crippen molar-refractivity contribution < 1.29 is 23.9 Å². The number of nitrogens with one attached hydrogen (secondary N) is 1. The maximum Gasteiger partial charge on any atom is 0.407 e. The van der Waals surface area contributed by atoms with Crippen molar-refractivity contribution in [3.05, 3.63) is 0 Å². The minimum Gasteiger partial charge on any atom is -0.462 e. The quantitative estimate of drug-likeness (QED) is 0.385. The smallest absolute Gasteiger partial charge is 0.407 e. The van der Waals surface area contributed by atoms with E-state index in [1.807, 2.05) is 0 Å². The van der Waals surface area contributed by atoms with Crippen molar-refractivity contribution in [2.75, 3.05) is 6.54 Å². The van der Waals surface area contributed by atoms with Gasteiger partial charge < -0.3 is 14.8 Å². The van der Waals surface area contributed by atoms with Crippen molar-refractivity contribution in [1.29, 1.82) is 0 Å². The van der Waals surface area contributed by atoms with Crippen molar-refractivity contribution in [2.24, 2.45) is 17.8 Å². The molecule has 1 rings (SSSR count). The molecule has 0 bridgehead atoms. The number of esters is 1. The van der Waals surface area contributed by atoms with Crippen LogP contribution in [0.2, 0.25) is 0 Å². The minimum atomic E-state index is -0.547. The molecule has 0 aromatic heterocycles. The molecule has 1 amide bonds. The fourth-order valence-corrected chi connectivity index (χ4v) is 3.50. The molecule has 0 aromatic carbocycles. The van der Waals surface area contributed by atoms with E-state index < -0.39 is 17.7 Å². The van der Waals surface area contributed by atoms with Gasteiger partial charge in [0.05, 0.1) is 0 Å². The second kappa shape index (κ2) is 10.7. The van der Waals surface area contributed by atoms with Crippen LogP contribution in [-0.2, 0) is 19.1 Å². The largest absolute Gasteiger partial charge is 0.462 e. The Morgan fingerprint density at radius 1 is 1.15 bits per heavy atom. The van der Waals surface area contributed by atoms with E-state index in [1.165, 1.54) is 6.42 Å². The molecule has 0 aliphatic heterocycles. The SMILES string of the molecule is CC(C)[C@@H]1CC[C@@H](C)C[C@H]1OC(=O)CC(=O)CCCNC(=O)OC(C)(C)C. The minimum absolute atomic E-state index is 0.0807.